The minimum Gasteiger partial charge on any atom is -0.446 e. The van der Waals surface area contributed by atoms with Crippen molar-refractivity contribution < 1.29 is 9.21 Å². The van der Waals surface area contributed by atoms with Gasteiger partial charge in [-0.3, -0.25) is 4.79 Å². The lowest BCUT2D eigenvalue weighted by Crippen LogP contribution is -2.01. The minimum atomic E-state index is -0.0558. The first-order chi connectivity index (χ1) is 8.72. The average Bonchev–Trinajstić information content (AvgIpc) is 2.94. The second kappa shape index (κ2) is 4.66. The Hall–Kier alpha value is -1.46. The number of carbonyl (C=O) groups excluding carboxylic acids is 1. The summed E-state index contributed by atoms with van der Waals surface area (Å²) in [7, 11) is 0. The van der Waals surface area contributed by atoms with E-state index in [1.54, 1.807) is 23.5 Å². The van der Waals surface area contributed by atoms with Crippen LogP contribution in [0.3, 0.4) is 0 Å². The first kappa shape index (κ1) is 11.6. The van der Waals surface area contributed by atoms with E-state index in [1.165, 1.54) is 0 Å². The van der Waals surface area contributed by atoms with Gasteiger partial charge in [-0.1, -0.05) is 12.1 Å². The Morgan fingerprint density at radius 3 is 2.83 bits per heavy atom. The highest BCUT2D eigenvalue weighted by Gasteiger charge is 2.14. The highest BCUT2D eigenvalue weighted by molar-refractivity contribution is 9.10. The van der Waals surface area contributed by atoms with E-state index in [1.807, 2.05) is 24.3 Å². The summed E-state index contributed by atoms with van der Waals surface area (Å²) < 4.78 is 6.90. The summed E-state index contributed by atoms with van der Waals surface area (Å²) in [5.41, 5.74) is 0.936. The molecule has 0 spiro atoms. The molecule has 3 aromatic rings. The van der Waals surface area contributed by atoms with E-state index < -0.39 is 0 Å². The van der Waals surface area contributed by atoms with E-state index in [4.69, 9.17) is 4.42 Å². The van der Waals surface area contributed by atoms with Crippen LogP contribution in [0.15, 0.2) is 45.5 Å². The van der Waals surface area contributed by atoms with Gasteiger partial charge in [-0.05, 0) is 40.2 Å². The second-order valence-electron chi connectivity index (χ2n) is 3.78. The Kier molecular flexibility index (Phi) is 3.01. The normalized spacial score (nSPS) is 10.9. The van der Waals surface area contributed by atoms with Gasteiger partial charge >= 0.3 is 0 Å². The van der Waals surface area contributed by atoms with Crippen molar-refractivity contribution in [2.45, 2.75) is 6.42 Å². The number of thiazole rings is 1. The zero-order chi connectivity index (χ0) is 12.5. The molecular formula is C13H8BrNO2S. The van der Waals surface area contributed by atoms with Crippen LogP contribution in [0.4, 0.5) is 0 Å². The van der Waals surface area contributed by atoms with Gasteiger partial charge in [0.15, 0.2) is 10.4 Å². The lowest BCUT2D eigenvalue weighted by Gasteiger charge is -1.92. The summed E-state index contributed by atoms with van der Waals surface area (Å²) in [5, 5.41) is 0.814. The van der Waals surface area contributed by atoms with E-state index in [9.17, 15) is 4.79 Å². The average molecular weight is 322 g/mol. The molecule has 0 radical (unpaired) electrons. The van der Waals surface area contributed by atoms with Crippen LogP contribution in [-0.4, -0.2) is 10.8 Å². The first-order valence-corrected chi connectivity index (χ1v) is 6.96. The van der Waals surface area contributed by atoms with Crippen molar-refractivity contribution in [1.29, 1.82) is 0 Å². The SMILES string of the molecule is O=C(Cc1nc2ccccc2s1)c1ccc(Br)o1. The number of fused-ring (bicyclic) bond motifs is 1. The summed E-state index contributed by atoms with van der Waals surface area (Å²) in [6, 6.07) is 11.2. The topological polar surface area (TPSA) is 43.1 Å². The van der Waals surface area contributed by atoms with E-state index in [0.29, 0.717) is 10.4 Å². The van der Waals surface area contributed by atoms with Crippen LogP contribution in [-0.2, 0) is 6.42 Å². The quantitative estimate of drug-likeness (QED) is 0.683. The standard InChI is InChI=1S/C13H8BrNO2S/c14-12-6-5-10(17-12)9(16)7-13-15-8-3-1-2-4-11(8)18-13/h1-6H,7H2. The van der Waals surface area contributed by atoms with Gasteiger partial charge in [-0.25, -0.2) is 4.98 Å². The molecule has 0 aliphatic rings. The van der Waals surface area contributed by atoms with Gasteiger partial charge in [-0.2, -0.15) is 0 Å². The van der Waals surface area contributed by atoms with E-state index >= 15 is 0 Å². The number of hydrogen-bond acceptors (Lipinski definition) is 4. The molecule has 1 aromatic carbocycles. The van der Waals surface area contributed by atoms with Crippen molar-refractivity contribution in [2.24, 2.45) is 0 Å². The largest absolute Gasteiger partial charge is 0.446 e. The molecule has 0 saturated carbocycles. The first-order valence-electron chi connectivity index (χ1n) is 5.35. The molecule has 0 unspecified atom stereocenters. The third-order valence-electron chi connectivity index (χ3n) is 2.50. The van der Waals surface area contributed by atoms with Gasteiger partial charge in [0, 0.05) is 0 Å². The zero-order valence-corrected chi connectivity index (χ0v) is 11.6. The molecule has 0 aliphatic heterocycles. The molecule has 18 heavy (non-hydrogen) atoms. The number of ketones is 1. The van der Waals surface area contributed by atoms with Crippen molar-refractivity contribution in [3.05, 3.63) is 51.8 Å². The fraction of sp³-hybridized carbons (Fsp3) is 0.0769. The van der Waals surface area contributed by atoms with Crippen LogP contribution >= 0.6 is 27.3 Å². The smallest absolute Gasteiger partial charge is 0.204 e. The van der Waals surface area contributed by atoms with Crippen LogP contribution < -0.4 is 0 Å². The van der Waals surface area contributed by atoms with Crippen LogP contribution in [0.5, 0.6) is 0 Å². The molecular weight excluding hydrogens is 314 g/mol. The Bertz CT molecular complexity index is 683. The van der Waals surface area contributed by atoms with Gasteiger partial charge < -0.3 is 4.42 Å². The molecule has 5 heteroatoms. The number of furan rings is 1. The Labute approximate surface area is 116 Å². The monoisotopic (exact) mass is 321 g/mol. The fourth-order valence-corrected chi connectivity index (χ4v) is 2.96. The summed E-state index contributed by atoms with van der Waals surface area (Å²) in [4.78, 5) is 16.4. The third-order valence-corrected chi connectivity index (χ3v) is 3.96. The predicted molar refractivity (Wildman–Crippen MR) is 74.1 cm³/mol. The lowest BCUT2D eigenvalue weighted by atomic mass is 10.2. The number of carbonyl (C=O) groups is 1. The molecule has 0 fully saturated rings. The maximum absolute atomic E-state index is 12.0. The van der Waals surface area contributed by atoms with Crippen LogP contribution in [0.25, 0.3) is 10.2 Å². The van der Waals surface area contributed by atoms with Crippen LogP contribution in [0, 0.1) is 0 Å². The summed E-state index contributed by atoms with van der Waals surface area (Å²) in [6.45, 7) is 0. The van der Waals surface area contributed by atoms with Gasteiger partial charge in [0.2, 0.25) is 5.78 Å². The summed E-state index contributed by atoms with van der Waals surface area (Å²) in [6.07, 6.45) is 0.277. The number of aromatic nitrogens is 1. The number of Topliss-reactive ketones (excluding diaryl/α,β-unsaturated/α-hetero) is 1. The predicted octanol–water partition coefficient (Wildman–Crippen LogP) is 4.08. The summed E-state index contributed by atoms with van der Waals surface area (Å²) in [5.74, 6) is 0.306. The number of rotatable bonds is 3. The van der Waals surface area contributed by atoms with Gasteiger partial charge in [0.05, 0.1) is 16.6 Å². The summed E-state index contributed by atoms with van der Waals surface area (Å²) >= 11 is 4.72. The molecule has 0 aliphatic carbocycles. The van der Waals surface area contributed by atoms with Crippen molar-refractivity contribution in [3.8, 4) is 0 Å². The molecule has 2 aromatic heterocycles. The lowest BCUT2D eigenvalue weighted by molar-refractivity contribution is 0.0965. The highest BCUT2D eigenvalue weighted by atomic mass is 79.9. The molecule has 2 heterocycles. The van der Waals surface area contributed by atoms with Crippen molar-refractivity contribution >= 4 is 43.3 Å². The van der Waals surface area contributed by atoms with Gasteiger partial charge in [0.1, 0.15) is 5.01 Å². The number of hydrogen-bond donors (Lipinski definition) is 0. The van der Waals surface area contributed by atoms with Crippen LogP contribution in [0.2, 0.25) is 0 Å². The van der Waals surface area contributed by atoms with Crippen LogP contribution in [0.1, 0.15) is 15.6 Å². The molecule has 0 saturated heterocycles. The highest BCUT2D eigenvalue weighted by Crippen LogP contribution is 2.23. The van der Waals surface area contributed by atoms with Gasteiger partial charge in [-0.15, -0.1) is 11.3 Å². The Morgan fingerprint density at radius 2 is 2.11 bits per heavy atom. The molecule has 90 valence electrons. The second-order valence-corrected chi connectivity index (χ2v) is 5.68. The molecule has 0 atom stereocenters. The Balaban J connectivity index is 1.86. The van der Waals surface area contributed by atoms with E-state index in [0.717, 1.165) is 15.2 Å². The molecule has 3 rings (SSSR count). The third kappa shape index (κ3) is 2.23. The number of nitrogens with zero attached hydrogens (tertiary/aromatic N) is 1. The van der Waals surface area contributed by atoms with Gasteiger partial charge in [0.25, 0.3) is 0 Å². The fourth-order valence-electron chi connectivity index (χ4n) is 1.68. The van der Waals surface area contributed by atoms with E-state index in [2.05, 4.69) is 20.9 Å². The number of halogens is 1. The number of para-hydroxylation sites is 1. The maximum atomic E-state index is 12.0. The molecule has 3 nitrogen and oxygen atoms in total. The molecule has 0 bridgehead atoms. The number of benzene rings is 1. The maximum Gasteiger partial charge on any atom is 0.204 e. The Morgan fingerprint density at radius 1 is 1.28 bits per heavy atom. The van der Waals surface area contributed by atoms with Crippen molar-refractivity contribution in [3.63, 3.8) is 0 Å². The van der Waals surface area contributed by atoms with Crippen molar-refractivity contribution in [2.75, 3.05) is 0 Å². The van der Waals surface area contributed by atoms with E-state index in [-0.39, 0.29) is 12.2 Å². The van der Waals surface area contributed by atoms with Crippen molar-refractivity contribution in [1.82, 2.24) is 4.98 Å². The zero-order valence-electron chi connectivity index (χ0n) is 9.22. The molecule has 0 amide bonds. The molecule has 0 N–H and O–H groups in total. The minimum absolute atomic E-state index is 0.0558.